The van der Waals surface area contributed by atoms with Crippen molar-refractivity contribution in [1.29, 1.82) is 0 Å². The maximum absolute atomic E-state index is 12.7. The molecule has 1 amide bonds. The van der Waals surface area contributed by atoms with Crippen LogP contribution in [0.15, 0.2) is 43.0 Å². The van der Waals surface area contributed by atoms with E-state index in [0.29, 0.717) is 18.7 Å². The van der Waals surface area contributed by atoms with Gasteiger partial charge in [-0.3, -0.25) is 4.79 Å². The molecule has 4 rings (SSSR count). The minimum atomic E-state index is 0.0527. The van der Waals surface area contributed by atoms with E-state index >= 15 is 0 Å². The summed E-state index contributed by atoms with van der Waals surface area (Å²) in [6.07, 6.45) is 7.26. The first-order chi connectivity index (χ1) is 11.7. The summed E-state index contributed by atoms with van der Waals surface area (Å²) < 4.78 is 1.90. The number of anilines is 1. The molecule has 0 N–H and O–H groups in total. The molecule has 0 spiro atoms. The van der Waals surface area contributed by atoms with E-state index in [4.69, 9.17) is 0 Å². The van der Waals surface area contributed by atoms with Crippen LogP contribution in [0.4, 0.5) is 5.95 Å². The van der Waals surface area contributed by atoms with Crippen LogP contribution >= 0.6 is 0 Å². The van der Waals surface area contributed by atoms with Crippen molar-refractivity contribution in [2.75, 3.05) is 31.1 Å². The van der Waals surface area contributed by atoms with E-state index in [1.54, 1.807) is 18.5 Å². The molecule has 0 bridgehead atoms. The number of hydrogen-bond donors (Lipinski definition) is 0. The van der Waals surface area contributed by atoms with Gasteiger partial charge in [0.15, 0.2) is 0 Å². The molecular weight excluding hydrogens is 304 g/mol. The Kier molecular flexibility index (Phi) is 3.60. The molecule has 4 heterocycles. The van der Waals surface area contributed by atoms with Gasteiger partial charge in [0.1, 0.15) is 5.65 Å². The number of pyridine rings is 1. The second-order valence-electron chi connectivity index (χ2n) is 5.89. The lowest BCUT2D eigenvalue weighted by molar-refractivity contribution is 0.0745. The Morgan fingerprint density at radius 1 is 1.04 bits per heavy atom. The molecule has 122 valence electrons. The van der Waals surface area contributed by atoms with Crippen molar-refractivity contribution in [3.05, 3.63) is 54.2 Å². The summed E-state index contributed by atoms with van der Waals surface area (Å²) in [5, 5.41) is 0. The third-order valence-corrected chi connectivity index (χ3v) is 4.22. The molecule has 0 saturated carbocycles. The maximum Gasteiger partial charge on any atom is 0.255 e. The zero-order chi connectivity index (χ0) is 16.5. The number of rotatable bonds is 2. The van der Waals surface area contributed by atoms with Crippen molar-refractivity contribution in [2.24, 2.45) is 0 Å². The Balaban J connectivity index is 1.47. The molecule has 3 aromatic heterocycles. The highest BCUT2D eigenvalue weighted by Crippen LogP contribution is 2.14. The van der Waals surface area contributed by atoms with Crippen LogP contribution < -0.4 is 4.90 Å². The quantitative estimate of drug-likeness (QED) is 0.713. The molecule has 0 aromatic carbocycles. The highest BCUT2D eigenvalue weighted by molar-refractivity contribution is 5.94. The van der Waals surface area contributed by atoms with Gasteiger partial charge in [-0.1, -0.05) is 0 Å². The van der Waals surface area contributed by atoms with Crippen LogP contribution in [0, 0.1) is 6.92 Å². The predicted octanol–water partition coefficient (Wildman–Crippen LogP) is 1.40. The van der Waals surface area contributed by atoms with Crippen molar-refractivity contribution in [2.45, 2.75) is 6.92 Å². The molecule has 7 heteroatoms. The molecule has 0 unspecified atom stereocenters. The number of aryl methyl sites for hydroxylation is 1. The fourth-order valence-corrected chi connectivity index (χ4v) is 2.99. The molecule has 0 radical (unpaired) electrons. The van der Waals surface area contributed by atoms with Gasteiger partial charge in [0.2, 0.25) is 5.95 Å². The standard InChI is InChI=1S/C17H18N6O/c1-13-11-23-12-14(3-4-15(23)20-13)16(24)21-7-9-22(10-8-21)17-18-5-2-6-19-17/h2-6,11-12H,7-10H2,1H3. The minimum absolute atomic E-state index is 0.0527. The summed E-state index contributed by atoms with van der Waals surface area (Å²) in [5.41, 5.74) is 2.48. The van der Waals surface area contributed by atoms with E-state index < -0.39 is 0 Å². The Labute approximate surface area is 139 Å². The number of hydrogen-bond acceptors (Lipinski definition) is 5. The van der Waals surface area contributed by atoms with E-state index in [-0.39, 0.29) is 5.91 Å². The molecule has 0 atom stereocenters. The summed E-state index contributed by atoms with van der Waals surface area (Å²) in [6, 6.07) is 5.53. The summed E-state index contributed by atoms with van der Waals surface area (Å²) in [7, 11) is 0. The summed E-state index contributed by atoms with van der Waals surface area (Å²) in [5.74, 6) is 0.775. The lowest BCUT2D eigenvalue weighted by atomic mass is 10.2. The minimum Gasteiger partial charge on any atom is -0.337 e. The average Bonchev–Trinajstić information content (AvgIpc) is 3.01. The number of imidazole rings is 1. The summed E-state index contributed by atoms with van der Waals surface area (Å²) in [4.78, 5) is 29.6. The topological polar surface area (TPSA) is 66.6 Å². The number of carbonyl (C=O) groups excluding carboxylic acids is 1. The molecule has 0 aliphatic carbocycles. The lowest BCUT2D eigenvalue weighted by Gasteiger charge is -2.34. The van der Waals surface area contributed by atoms with E-state index in [1.807, 2.05) is 40.8 Å². The van der Waals surface area contributed by atoms with Crippen LogP contribution in [0.5, 0.6) is 0 Å². The monoisotopic (exact) mass is 322 g/mol. The van der Waals surface area contributed by atoms with Gasteiger partial charge in [-0.15, -0.1) is 0 Å². The molecule has 1 saturated heterocycles. The zero-order valence-corrected chi connectivity index (χ0v) is 13.5. The Hall–Kier alpha value is -2.96. The number of nitrogens with zero attached hydrogens (tertiary/aromatic N) is 6. The highest BCUT2D eigenvalue weighted by Gasteiger charge is 2.23. The largest absolute Gasteiger partial charge is 0.337 e. The first kappa shape index (κ1) is 14.6. The third kappa shape index (κ3) is 2.68. The normalized spacial score (nSPS) is 15.0. The van der Waals surface area contributed by atoms with Gasteiger partial charge >= 0.3 is 0 Å². The molecule has 7 nitrogen and oxygen atoms in total. The maximum atomic E-state index is 12.7. The second-order valence-corrected chi connectivity index (χ2v) is 5.89. The van der Waals surface area contributed by atoms with Gasteiger partial charge < -0.3 is 14.2 Å². The van der Waals surface area contributed by atoms with Crippen molar-refractivity contribution >= 4 is 17.5 Å². The van der Waals surface area contributed by atoms with Gasteiger partial charge in [-0.2, -0.15) is 0 Å². The van der Waals surface area contributed by atoms with Crippen LogP contribution in [-0.2, 0) is 0 Å². The van der Waals surface area contributed by atoms with Gasteiger partial charge in [0.25, 0.3) is 5.91 Å². The van der Waals surface area contributed by atoms with Crippen LogP contribution in [0.2, 0.25) is 0 Å². The molecule has 1 aliphatic rings. The molecule has 1 aliphatic heterocycles. The summed E-state index contributed by atoms with van der Waals surface area (Å²) >= 11 is 0. The summed E-state index contributed by atoms with van der Waals surface area (Å²) in [6.45, 7) is 4.75. The van der Waals surface area contributed by atoms with Crippen molar-refractivity contribution in [1.82, 2.24) is 24.3 Å². The fraction of sp³-hybridized carbons (Fsp3) is 0.294. The average molecular weight is 322 g/mol. The van der Waals surface area contributed by atoms with E-state index in [2.05, 4.69) is 19.9 Å². The number of carbonyl (C=O) groups is 1. The van der Waals surface area contributed by atoms with Gasteiger partial charge in [-0.05, 0) is 25.1 Å². The molecule has 3 aromatic rings. The predicted molar refractivity (Wildman–Crippen MR) is 90.1 cm³/mol. The first-order valence-corrected chi connectivity index (χ1v) is 7.97. The number of aromatic nitrogens is 4. The molecular formula is C17H18N6O. The van der Waals surface area contributed by atoms with Gasteiger partial charge in [-0.25, -0.2) is 15.0 Å². The lowest BCUT2D eigenvalue weighted by Crippen LogP contribution is -2.49. The van der Waals surface area contributed by atoms with Crippen molar-refractivity contribution in [3.8, 4) is 0 Å². The van der Waals surface area contributed by atoms with Crippen LogP contribution in [0.25, 0.3) is 5.65 Å². The number of piperazine rings is 1. The van der Waals surface area contributed by atoms with E-state index in [0.717, 1.165) is 30.4 Å². The molecule has 24 heavy (non-hydrogen) atoms. The zero-order valence-electron chi connectivity index (χ0n) is 13.5. The van der Waals surface area contributed by atoms with Crippen molar-refractivity contribution in [3.63, 3.8) is 0 Å². The SMILES string of the molecule is Cc1cn2cc(C(=O)N3CCN(c4ncccn4)CC3)ccc2n1. The molecule has 1 fully saturated rings. The van der Waals surface area contributed by atoms with Gasteiger partial charge in [0, 0.05) is 51.0 Å². The third-order valence-electron chi connectivity index (χ3n) is 4.22. The van der Waals surface area contributed by atoms with Crippen LogP contribution in [0.1, 0.15) is 16.1 Å². The van der Waals surface area contributed by atoms with Crippen LogP contribution in [0.3, 0.4) is 0 Å². The van der Waals surface area contributed by atoms with Gasteiger partial charge in [0.05, 0.1) is 11.3 Å². The van der Waals surface area contributed by atoms with Crippen molar-refractivity contribution < 1.29 is 4.79 Å². The highest BCUT2D eigenvalue weighted by atomic mass is 16.2. The Morgan fingerprint density at radius 2 is 1.79 bits per heavy atom. The van der Waals surface area contributed by atoms with E-state index in [9.17, 15) is 4.79 Å². The second kappa shape index (κ2) is 5.92. The smallest absolute Gasteiger partial charge is 0.255 e. The Bertz CT molecular complexity index is 867. The fourth-order valence-electron chi connectivity index (χ4n) is 2.99. The van der Waals surface area contributed by atoms with E-state index in [1.165, 1.54) is 0 Å². The number of fused-ring (bicyclic) bond motifs is 1. The number of amides is 1. The van der Waals surface area contributed by atoms with Crippen LogP contribution in [-0.4, -0.2) is 56.3 Å². The first-order valence-electron chi connectivity index (χ1n) is 7.97. The Morgan fingerprint density at radius 3 is 2.54 bits per heavy atom.